The second kappa shape index (κ2) is 8.67. The molecule has 2 amide bonds. The molecule has 1 aromatic rings. The predicted octanol–water partition coefficient (Wildman–Crippen LogP) is 1.53. The van der Waals surface area contributed by atoms with Crippen molar-refractivity contribution in [3.8, 4) is 0 Å². The molecule has 1 rings (SSSR count). The summed E-state index contributed by atoms with van der Waals surface area (Å²) in [5.74, 6) is -0.914. The van der Waals surface area contributed by atoms with Crippen molar-refractivity contribution in [2.45, 2.75) is 33.7 Å². The Morgan fingerprint density at radius 2 is 1.78 bits per heavy atom. The van der Waals surface area contributed by atoms with Crippen LogP contribution in [0.3, 0.4) is 0 Å². The SMILES string of the molecule is CC(=O)N(CCC(=O)NS(=O)(=O)CC(C)C)Cc1ccccc1. The average molecular weight is 340 g/mol. The van der Waals surface area contributed by atoms with Crippen LogP contribution >= 0.6 is 0 Å². The van der Waals surface area contributed by atoms with Crippen LogP contribution in [0.4, 0.5) is 0 Å². The molecular weight excluding hydrogens is 316 g/mol. The summed E-state index contributed by atoms with van der Waals surface area (Å²) in [5, 5.41) is 0. The third-order valence-electron chi connectivity index (χ3n) is 3.09. The van der Waals surface area contributed by atoms with E-state index in [0.717, 1.165) is 5.56 Å². The third-order valence-corrected chi connectivity index (χ3v) is 4.74. The van der Waals surface area contributed by atoms with E-state index in [1.807, 2.05) is 35.1 Å². The zero-order valence-corrected chi connectivity index (χ0v) is 14.6. The highest BCUT2D eigenvalue weighted by Crippen LogP contribution is 2.06. The molecule has 128 valence electrons. The smallest absolute Gasteiger partial charge is 0.235 e. The van der Waals surface area contributed by atoms with Crippen LogP contribution in [0.15, 0.2) is 30.3 Å². The quantitative estimate of drug-likeness (QED) is 0.778. The topological polar surface area (TPSA) is 83.6 Å². The zero-order chi connectivity index (χ0) is 17.5. The number of sulfonamides is 1. The lowest BCUT2D eigenvalue weighted by molar-refractivity contribution is -0.130. The molecule has 0 aromatic heterocycles. The number of hydrogen-bond acceptors (Lipinski definition) is 4. The minimum absolute atomic E-state index is 0.0518. The van der Waals surface area contributed by atoms with Gasteiger partial charge in [-0.25, -0.2) is 8.42 Å². The van der Waals surface area contributed by atoms with E-state index in [4.69, 9.17) is 0 Å². The van der Waals surface area contributed by atoms with Gasteiger partial charge in [-0.15, -0.1) is 0 Å². The van der Waals surface area contributed by atoms with Crippen LogP contribution in [-0.2, 0) is 26.2 Å². The fourth-order valence-electron chi connectivity index (χ4n) is 2.09. The molecule has 0 fully saturated rings. The van der Waals surface area contributed by atoms with Crippen LogP contribution in [0.1, 0.15) is 32.8 Å². The van der Waals surface area contributed by atoms with Crippen LogP contribution in [-0.4, -0.2) is 37.4 Å². The first-order valence-corrected chi connectivity index (χ1v) is 9.17. The van der Waals surface area contributed by atoms with Crippen molar-refractivity contribution >= 4 is 21.8 Å². The Bertz CT molecular complexity index is 627. The minimum atomic E-state index is -3.61. The number of amides is 2. The summed E-state index contributed by atoms with van der Waals surface area (Å²) < 4.78 is 25.5. The molecule has 0 atom stereocenters. The van der Waals surface area contributed by atoms with Gasteiger partial charge in [0.2, 0.25) is 21.8 Å². The van der Waals surface area contributed by atoms with Crippen molar-refractivity contribution in [3.05, 3.63) is 35.9 Å². The zero-order valence-electron chi connectivity index (χ0n) is 13.8. The first-order valence-electron chi connectivity index (χ1n) is 7.52. The van der Waals surface area contributed by atoms with E-state index in [-0.39, 0.29) is 30.5 Å². The molecule has 23 heavy (non-hydrogen) atoms. The highest BCUT2D eigenvalue weighted by molar-refractivity contribution is 7.90. The van der Waals surface area contributed by atoms with Crippen molar-refractivity contribution in [2.24, 2.45) is 5.92 Å². The second-order valence-corrected chi connectivity index (χ2v) is 7.64. The van der Waals surface area contributed by atoms with Crippen molar-refractivity contribution in [3.63, 3.8) is 0 Å². The van der Waals surface area contributed by atoms with E-state index in [2.05, 4.69) is 0 Å². The average Bonchev–Trinajstić information content (AvgIpc) is 2.42. The molecule has 0 aliphatic carbocycles. The van der Waals surface area contributed by atoms with Crippen molar-refractivity contribution < 1.29 is 18.0 Å². The fourth-order valence-corrected chi connectivity index (χ4v) is 3.50. The van der Waals surface area contributed by atoms with Gasteiger partial charge in [-0.2, -0.15) is 0 Å². The van der Waals surface area contributed by atoms with Crippen molar-refractivity contribution in [2.75, 3.05) is 12.3 Å². The summed E-state index contributed by atoms with van der Waals surface area (Å²) >= 11 is 0. The lowest BCUT2D eigenvalue weighted by Crippen LogP contribution is -2.37. The lowest BCUT2D eigenvalue weighted by Gasteiger charge is -2.21. The van der Waals surface area contributed by atoms with E-state index < -0.39 is 15.9 Å². The van der Waals surface area contributed by atoms with E-state index in [9.17, 15) is 18.0 Å². The number of hydrogen-bond donors (Lipinski definition) is 1. The molecule has 0 unspecified atom stereocenters. The maximum absolute atomic E-state index is 11.8. The standard InChI is InChI=1S/C16H24N2O4S/c1-13(2)12-23(21,22)17-16(20)9-10-18(14(3)19)11-15-7-5-4-6-8-15/h4-8,13H,9-12H2,1-3H3,(H,17,20). The van der Waals surface area contributed by atoms with Crippen LogP contribution in [0.2, 0.25) is 0 Å². The molecule has 0 aliphatic rings. The van der Waals surface area contributed by atoms with Gasteiger partial charge < -0.3 is 4.90 Å². The minimum Gasteiger partial charge on any atom is -0.338 e. The first kappa shape index (κ1) is 19.2. The van der Waals surface area contributed by atoms with Gasteiger partial charge in [-0.1, -0.05) is 44.2 Å². The Balaban J connectivity index is 2.55. The summed E-state index contributed by atoms with van der Waals surface area (Å²) in [6, 6.07) is 9.42. The van der Waals surface area contributed by atoms with Crippen LogP contribution < -0.4 is 4.72 Å². The van der Waals surface area contributed by atoms with Gasteiger partial charge in [0.15, 0.2) is 0 Å². The highest BCUT2D eigenvalue weighted by Gasteiger charge is 2.18. The Morgan fingerprint density at radius 3 is 2.30 bits per heavy atom. The van der Waals surface area contributed by atoms with E-state index in [1.54, 1.807) is 13.8 Å². The molecular formula is C16H24N2O4S. The van der Waals surface area contributed by atoms with Crippen LogP contribution in [0.5, 0.6) is 0 Å². The number of nitrogens with zero attached hydrogens (tertiary/aromatic N) is 1. The van der Waals surface area contributed by atoms with E-state index >= 15 is 0 Å². The van der Waals surface area contributed by atoms with Gasteiger partial charge >= 0.3 is 0 Å². The monoisotopic (exact) mass is 340 g/mol. The Kier molecular flexibility index (Phi) is 7.22. The third kappa shape index (κ3) is 7.78. The molecule has 0 bridgehead atoms. The lowest BCUT2D eigenvalue weighted by atomic mass is 10.2. The number of carbonyl (C=O) groups excluding carboxylic acids is 2. The van der Waals surface area contributed by atoms with Crippen molar-refractivity contribution in [1.82, 2.24) is 9.62 Å². The molecule has 7 heteroatoms. The predicted molar refractivity (Wildman–Crippen MR) is 88.9 cm³/mol. The normalized spacial score (nSPS) is 11.3. The highest BCUT2D eigenvalue weighted by atomic mass is 32.2. The number of rotatable bonds is 8. The number of carbonyl (C=O) groups is 2. The van der Waals surface area contributed by atoms with Gasteiger partial charge in [0.05, 0.1) is 5.75 Å². The maximum Gasteiger partial charge on any atom is 0.235 e. The number of benzene rings is 1. The summed E-state index contributed by atoms with van der Waals surface area (Å²) in [4.78, 5) is 25.0. The molecule has 0 saturated heterocycles. The van der Waals surface area contributed by atoms with Gasteiger partial charge in [0.25, 0.3) is 0 Å². The van der Waals surface area contributed by atoms with Crippen molar-refractivity contribution in [1.29, 1.82) is 0 Å². The van der Waals surface area contributed by atoms with Gasteiger partial charge in [0, 0.05) is 26.4 Å². The van der Waals surface area contributed by atoms with E-state index in [0.29, 0.717) is 6.54 Å². The molecule has 1 N–H and O–H groups in total. The summed E-state index contributed by atoms with van der Waals surface area (Å²) in [5.41, 5.74) is 0.954. The number of nitrogens with one attached hydrogen (secondary N) is 1. The summed E-state index contributed by atoms with van der Waals surface area (Å²) in [6.07, 6.45) is -0.0518. The summed E-state index contributed by atoms with van der Waals surface area (Å²) in [7, 11) is -3.61. The molecule has 1 aromatic carbocycles. The van der Waals surface area contributed by atoms with Crippen LogP contribution in [0.25, 0.3) is 0 Å². The Morgan fingerprint density at radius 1 is 1.17 bits per heavy atom. The molecule has 0 spiro atoms. The Hall–Kier alpha value is -1.89. The fraction of sp³-hybridized carbons (Fsp3) is 0.500. The van der Waals surface area contributed by atoms with Gasteiger partial charge in [0.1, 0.15) is 0 Å². The molecule has 6 nitrogen and oxygen atoms in total. The largest absolute Gasteiger partial charge is 0.338 e. The van der Waals surface area contributed by atoms with Crippen LogP contribution in [0, 0.1) is 5.92 Å². The second-order valence-electron chi connectivity index (χ2n) is 5.88. The molecule has 0 saturated carbocycles. The van der Waals surface area contributed by atoms with Gasteiger partial charge in [-0.3, -0.25) is 14.3 Å². The maximum atomic E-state index is 11.8. The Labute approximate surface area is 137 Å². The summed E-state index contributed by atoms with van der Waals surface area (Å²) in [6.45, 7) is 5.52. The molecule has 0 heterocycles. The first-order chi connectivity index (χ1) is 10.7. The van der Waals surface area contributed by atoms with Gasteiger partial charge in [-0.05, 0) is 11.5 Å². The molecule has 0 radical (unpaired) electrons. The van der Waals surface area contributed by atoms with E-state index in [1.165, 1.54) is 11.8 Å². The molecule has 0 aliphatic heterocycles.